The van der Waals surface area contributed by atoms with Crippen LogP contribution in [0.4, 0.5) is 0 Å². The summed E-state index contributed by atoms with van der Waals surface area (Å²) in [6, 6.07) is 0. The van der Waals surface area contributed by atoms with Crippen LogP contribution in [0.3, 0.4) is 0 Å². The fourth-order valence-electron chi connectivity index (χ4n) is 0. The topological polar surface area (TPSA) is 82.9 Å². The molecule has 0 amide bonds. The fourth-order valence-corrected chi connectivity index (χ4v) is 0. The SMILES string of the molecule is O.O.[C-]#[O+].[Ru+]. The summed E-state index contributed by atoms with van der Waals surface area (Å²) in [4.78, 5) is 0. The minimum atomic E-state index is 0. The van der Waals surface area contributed by atoms with Gasteiger partial charge in [0.2, 0.25) is 0 Å². The van der Waals surface area contributed by atoms with E-state index in [4.69, 9.17) is 4.65 Å². The van der Waals surface area contributed by atoms with Gasteiger partial charge in [-0.3, -0.25) is 0 Å². The van der Waals surface area contributed by atoms with E-state index in [9.17, 15) is 0 Å². The third-order valence-corrected chi connectivity index (χ3v) is 0. The maximum absolute atomic E-state index is 7.50. The summed E-state index contributed by atoms with van der Waals surface area (Å²) in [5.41, 5.74) is 0. The normalized spacial score (nSPS) is 0.400. The van der Waals surface area contributed by atoms with Crippen molar-refractivity contribution in [2.75, 3.05) is 0 Å². The van der Waals surface area contributed by atoms with Crippen LogP contribution < -0.4 is 0 Å². The van der Waals surface area contributed by atoms with E-state index in [1.54, 1.807) is 0 Å². The molecule has 4 heteroatoms. The van der Waals surface area contributed by atoms with Crippen molar-refractivity contribution >= 4 is 0 Å². The van der Waals surface area contributed by atoms with Gasteiger partial charge in [-0.25, -0.2) is 0 Å². The van der Waals surface area contributed by atoms with Crippen LogP contribution in [0, 0.1) is 6.65 Å². The Morgan fingerprint density at radius 1 is 1.00 bits per heavy atom. The first-order chi connectivity index (χ1) is 1.00. The minimum absolute atomic E-state index is 0. The van der Waals surface area contributed by atoms with Gasteiger partial charge in [0.05, 0.1) is 0 Å². The molecule has 0 saturated heterocycles. The minimum Gasteiger partial charge on any atom is 1.00 e. The van der Waals surface area contributed by atoms with Gasteiger partial charge in [-0.05, 0) is 0 Å². The Morgan fingerprint density at radius 2 is 1.00 bits per heavy atom. The summed E-state index contributed by atoms with van der Waals surface area (Å²) in [6.45, 7) is 4.50. The molecule has 3 nitrogen and oxygen atoms in total. The zero-order chi connectivity index (χ0) is 2.00. The van der Waals surface area contributed by atoms with Crippen LogP contribution in [0.5, 0.6) is 0 Å². The van der Waals surface area contributed by atoms with Crippen molar-refractivity contribution < 1.29 is 35.1 Å². The van der Waals surface area contributed by atoms with Crippen molar-refractivity contribution in [3.63, 3.8) is 0 Å². The Labute approximate surface area is 42.5 Å². The molecule has 0 heterocycles. The third kappa shape index (κ3) is 278. The second-order valence-electron chi connectivity index (χ2n) is 0. The van der Waals surface area contributed by atoms with E-state index >= 15 is 0 Å². The molecule has 0 aliphatic carbocycles. The van der Waals surface area contributed by atoms with Crippen LogP contribution in [-0.4, -0.2) is 11.0 Å². The van der Waals surface area contributed by atoms with Gasteiger partial charge in [0.25, 0.3) is 0 Å². The number of rotatable bonds is 0. The van der Waals surface area contributed by atoms with E-state index in [0.717, 1.165) is 0 Å². The van der Waals surface area contributed by atoms with Crippen LogP contribution in [0.15, 0.2) is 0 Å². The van der Waals surface area contributed by atoms with Gasteiger partial charge in [0, 0.05) is 0 Å². The first kappa shape index (κ1) is 58.9. The Kier molecular flexibility index (Phi) is 6770. The molecule has 0 fully saturated rings. The molecule has 33 valence electrons. The van der Waals surface area contributed by atoms with Crippen molar-refractivity contribution in [1.82, 2.24) is 0 Å². The van der Waals surface area contributed by atoms with Gasteiger partial charge in [0.1, 0.15) is 0 Å². The van der Waals surface area contributed by atoms with Crippen LogP contribution in [0.25, 0.3) is 0 Å². The average Bonchev–Trinajstić information content (AvgIpc) is 1.00. The van der Waals surface area contributed by atoms with Crippen molar-refractivity contribution in [2.45, 2.75) is 0 Å². The van der Waals surface area contributed by atoms with Gasteiger partial charge in [-0.2, -0.15) is 0 Å². The molecular formula is CH4O3Ru+. The largest absolute Gasteiger partial charge is 1.00 e. The fraction of sp³-hybridized carbons (Fsp3) is 0. The first-order valence-electron chi connectivity index (χ1n) is 0.204. The maximum Gasteiger partial charge on any atom is 1.00 e. The van der Waals surface area contributed by atoms with Crippen LogP contribution in [0.1, 0.15) is 0 Å². The Hall–Kier alpha value is 0.283. The van der Waals surface area contributed by atoms with E-state index in [1.807, 2.05) is 0 Å². The Bertz CT molecular complexity index is 11.6. The predicted molar refractivity (Wildman–Crippen MR) is 11.2 cm³/mol. The molecule has 0 aliphatic heterocycles. The average molecular weight is 165 g/mol. The summed E-state index contributed by atoms with van der Waals surface area (Å²) >= 11 is 0. The monoisotopic (exact) mass is 166 g/mol. The molecule has 0 spiro atoms. The molecule has 0 rings (SSSR count). The standard InChI is InChI=1S/CO.2H2O.Ru/c1-2;;;/h;2*1H2;/q;;;+1. The van der Waals surface area contributed by atoms with E-state index in [0.29, 0.717) is 0 Å². The third-order valence-electron chi connectivity index (χ3n) is 0. The van der Waals surface area contributed by atoms with Gasteiger partial charge in [-0.1, -0.05) is 0 Å². The van der Waals surface area contributed by atoms with Crippen molar-refractivity contribution in [2.24, 2.45) is 0 Å². The molecule has 4 N–H and O–H groups in total. The number of hydrogen-bond acceptors (Lipinski definition) is 0. The van der Waals surface area contributed by atoms with Crippen LogP contribution in [-0.2, 0) is 24.1 Å². The van der Waals surface area contributed by atoms with Gasteiger partial charge in [0.15, 0.2) is 0 Å². The summed E-state index contributed by atoms with van der Waals surface area (Å²) in [6.07, 6.45) is 0. The van der Waals surface area contributed by atoms with Crippen molar-refractivity contribution in [1.29, 1.82) is 0 Å². The molecule has 0 saturated carbocycles. The molecule has 5 heavy (non-hydrogen) atoms. The second kappa shape index (κ2) is 575. The van der Waals surface area contributed by atoms with Crippen LogP contribution in [0.2, 0.25) is 0 Å². The summed E-state index contributed by atoms with van der Waals surface area (Å²) in [7, 11) is 0. The summed E-state index contributed by atoms with van der Waals surface area (Å²) in [5.74, 6) is 0. The van der Waals surface area contributed by atoms with E-state index in [-0.39, 0.29) is 30.4 Å². The molecule has 0 aromatic carbocycles. The maximum atomic E-state index is 7.50. The molecule has 0 bridgehead atoms. The molecule has 1 radical (unpaired) electrons. The summed E-state index contributed by atoms with van der Waals surface area (Å²) in [5, 5.41) is 0. The predicted octanol–water partition coefficient (Wildman–Crippen LogP) is -1.69. The quantitative estimate of drug-likeness (QED) is 0.233. The zero-order valence-electron chi connectivity index (χ0n) is 2.26. The van der Waals surface area contributed by atoms with Crippen molar-refractivity contribution in [3.8, 4) is 0 Å². The molecule has 0 aromatic heterocycles. The second-order valence-corrected chi connectivity index (χ2v) is 0. The zero-order valence-corrected chi connectivity index (χ0v) is 4.00. The first-order valence-corrected chi connectivity index (χ1v) is 0.204. The Balaban J connectivity index is -0.00000000167. The van der Waals surface area contributed by atoms with Gasteiger partial charge >= 0.3 is 30.8 Å². The molecule has 0 aromatic rings. The molecular weight excluding hydrogens is 161 g/mol. The smallest absolute Gasteiger partial charge is 1.00 e. The van der Waals surface area contributed by atoms with Gasteiger partial charge < -0.3 is 11.0 Å². The Morgan fingerprint density at radius 3 is 1.00 bits per heavy atom. The summed E-state index contributed by atoms with van der Waals surface area (Å²) < 4.78 is 7.50. The van der Waals surface area contributed by atoms with E-state index in [2.05, 4.69) is 6.65 Å². The van der Waals surface area contributed by atoms with Crippen LogP contribution >= 0.6 is 0 Å². The van der Waals surface area contributed by atoms with Crippen molar-refractivity contribution in [3.05, 3.63) is 6.65 Å². The number of hydrogen-bond donors (Lipinski definition) is 0. The molecule has 0 atom stereocenters. The molecule has 0 unspecified atom stereocenters. The van der Waals surface area contributed by atoms with Gasteiger partial charge in [-0.15, -0.1) is 0 Å². The van der Waals surface area contributed by atoms with E-state index < -0.39 is 0 Å². The van der Waals surface area contributed by atoms with E-state index in [1.165, 1.54) is 0 Å². The molecule has 0 aliphatic rings.